The molecule has 0 aromatic heterocycles. The van der Waals surface area contributed by atoms with Crippen molar-refractivity contribution in [1.82, 2.24) is 10.6 Å². The summed E-state index contributed by atoms with van der Waals surface area (Å²) in [6, 6.07) is 0. The van der Waals surface area contributed by atoms with E-state index in [1.54, 1.807) is 0 Å². The van der Waals surface area contributed by atoms with Gasteiger partial charge in [-0.2, -0.15) is 0 Å². The van der Waals surface area contributed by atoms with Gasteiger partial charge in [0.05, 0.1) is 0 Å². The highest BCUT2D eigenvalue weighted by Crippen LogP contribution is 2.17. The molecule has 2 aliphatic rings. The summed E-state index contributed by atoms with van der Waals surface area (Å²) in [5, 5.41) is 7.10. The van der Waals surface area contributed by atoms with E-state index in [4.69, 9.17) is 0 Å². The van der Waals surface area contributed by atoms with Crippen LogP contribution < -0.4 is 10.6 Å². The van der Waals surface area contributed by atoms with E-state index in [9.17, 15) is 0 Å². The number of allylic oxidation sites excluding steroid dienone is 3. The van der Waals surface area contributed by atoms with E-state index in [1.165, 1.54) is 50.9 Å². The van der Waals surface area contributed by atoms with E-state index in [1.807, 2.05) is 0 Å². The van der Waals surface area contributed by atoms with Crippen LogP contribution in [0.4, 0.5) is 0 Å². The Morgan fingerprint density at radius 1 is 1.47 bits per heavy atom. The fourth-order valence-corrected chi connectivity index (χ4v) is 2.83. The fourth-order valence-electron chi connectivity index (χ4n) is 2.83. The molecule has 0 aromatic rings. The summed E-state index contributed by atoms with van der Waals surface area (Å²) in [4.78, 5) is 0. The lowest BCUT2D eigenvalue weighted by Gasteiger charge is -2.23. The molecule has 2 unspecified atom stereocenters. The maximum absolute atomic E-state index is 3.62. The topological polar surface area (TPSA) is 24.1 Å². The van der Waals surface area contributed by atoms with Crippen molar-refractivity contribution in [3.8, 4) is 0 Å². The van der Waals surface area contributed by atoms with Gasteiger partial charge in [-0.05, 0) is 64.1 Å². The third-order valence-electron chi connectivity index (χ3n) is 3.88. The van der Waals surface area contributed by atoms with E-state index in [-0.39, 0.29) is 0 Å². The van der Waals surface area contributed by atoms with Gasteiger partial charge in [0.25, 0.3) is 0 Å². The lowest BCUT2D eigenvalue weighted by Crippen LogP contribution is -2.32. The van der Waals surface area contributed by atoms with Crippen LogP contribution in [0, 0.1) is 11.8 Å². The van der Waals surface area contributed by atoms with E-state index < -0.39 is 0 Å². The molecule has 2 atom stereocenters. The van der Waals surface area contributed by atoms with Gasteiger partial charge < -0.3 is 10.6 Å². The van der Waals surface area contributed by atoms with Gasteiger partial charge in [0.1, 0.15) is 0 Å². The second kappa shape index (κ2) is 6.97. The molecule has 1 fully saturated rings. The Labute approximate surface area is 106 Å². The van der Waals surface area contributed by atoms with Crippen molar-refractivity contribution >= 4 is 0 Å². The first kappa shape index (κ1) is 12.8. The molecule has 2 nitrogen and oxygen atoms in total. The zero-order valence-electron chi connectivity index (χ0n) is 11.0. The number of hydrogen-bond acceptors (Lipinski definition) is 2. The van der Waals surface area contributed by atoms with Crippen LogP contribution in [-0.2, 0) is 0 Å². The van der Waals surface area contributed by atoms with Gasteiger partial charge in [-0.25, -0.2) is 0 Å². The van der Waals surface area contributed by atoms with Gasteiger partial charge in [0, 0.05) is 6.54 Å². The number of hydrogen-bond donors (Lipinski definition) is 2. The lowest BCUT2D eigenvalue weighted by atomic mass is 9.94. The highest BCUT2D eigenvalue weighted by molar-refractivity contribution is 5.18. The number of rotatable bonds is 5. The Hall–Kier alpha value is -0.600. The van der Waals surface area contributed by atoms with E-state index >= 15 is 0 Å². The Morgan fingerprint density at radius 2 is 2.41 bits per heavy atom. The summed E-state index contributed by atoms with van der Waals surface area (Å²) in [5.74, 6) is 1.62. The lowest BCUT2D eigenvalue weighted by molar-refractivity contribution is 0.349. The number of piperidine rings is 1. The maximum Gasteiger partial charge on any atom is 0.00174 e. The molecule has 0 radical (unpaired) electrons. The second-order valence-electron chi connectivity index (χ2n) is 5.57. The quantitative estimate of drug-likeness (QED) is 0.714. The van der Waals surface area contributed by atoms with Crippen molar-refractivity contribution in [2.45, 2.75) is 32.6 Å². The summed E-state index contributed by atoms with van der Waals surface area (Å²) in [6.07, 6.45) is 12.1. The summed E-state index contributed by atoms with van der Waals surface area (Å²) < 4.78 is 0. The Kier molecular flexibility index (Phi) is 5.27. The van der Waals surface area contributed by atoms with Crippen LogP contribution in [0.1, 0.15) is 32.6 Å². The van der Waals surface area contributed by atoms with Crippen molar-refractivity contribution in [1.29, 1.82) is 0 Å². The van der Waals surface area contributed by atoms with Crippen LogP contribution in [-0.4, -0.2) is 26.2 Å². The first-order valence-corrected chi connectivity index (χ1v) is 7.10. The molecule has 2 N–H and O–H groups in total. The van der Waals surface area contributed by atoms with Crippen molar-refractivity contribution in [2.75, 3.05) is 26.2 Å². The second-order valence-corrected chi connectivity index (χ2v) is 5.57. The van der Waals surface area contributed by atoms with Crippen LogP contribution in [0.3, 0.4) is 0 Å². The molecule has 1 aliphatic carbocycles. The van der Waals surface area contributed by atoms with Crippen LogP contribution >= 0.6 is 0 Å². The normalized spacial score (nSPS) is 29.1. The van der Waals surface area contributed by atoms with Crippen LogP contribution in [0.5, 0.6) is 0 Å². The first-order chi connectivity index (χ1) is 8.34. The highest BCUT2D eigenvalue weighted by Gasteiger charge is 2.13. The summed E-state index contributed by atoms with van der Waals surface area (Å²) in [6.45, 7) is 7.00. The Balaban J connectivity index is 1.54. The molecular formula is C15H26N2. The minimum Gasteiger partial charge on any atom is -0.316 e. The minimum atomic E-state index is 0.712. The number of nitrogens with one attached hydrogen (secondary N) is 2. The third-order valence-corrected chi connectivity index (χ3v) is 3.88. The van der Waals surface area contributed by atoms with Crippen molar-refractivity contribution in [3.05, 3.63) is 23.8 Å². The predicted octanol–water partition coefficient (Wildman–Crippen LogP) is 2.49. The summed E-state index contributed by atoms with van der Waals surface area (Å²) in [5.41, 5.74) is 1.51. The smallest absolute Gasteiger partial charge is 0.00174 e. The average Bonchev–Trinajstić information content (AvgIpc) is 2.36. The molecule has 17 heavy (non-hydrogen) atoms. The van der Waals surface area contributed by atoms with Gasteiger partial charge in [0.15, 0.2) is 0 Å². The zero-order valence-corrected chi connectivity index (χ0v) is 11.0. The molecule has 0 spiro atoms. The van der Waals surface area contributed by atoms with Crippen LogP contribution in [0.2, 0.25) is 0 Å². The van der Waals surface area contributed by atoms with Crippen molar-refractivity contribution in [2.24, 2.45) is 11.8 Å². The molecule has 96 valence electrons. The molecule has 1 aliphatic heterocycles. The van der Waals surface area contributed by atoms with Crippen LogP contribution in [0.25, 0.3) is 0 Å². The van der Waals surface area contributed by atoms with E-state index in [2.05, 4.69) is 35.8 Å². The largest absolute Gasteiger partial charge is 0.316 e. The molecule has 2 rings (SSSR count). The highest BCUT2D eigenvalue weighted by atomic mass is 14.9. The minimum absolute atomic E-state index is 0.712. The molecular weight excluding hydrogens is 208 g/mol. The van der Waals surface area contributed by atoms with Gasteiger partial charge in [-0.3, -0.25) is 0 Å². The van der Waals surface area contributed by atoms with Gasteiger partial charge in [-0.15, -0.1) is 0 Å². The van der Waals surface area contributed by atoms with Gasteiger partial charge in [-0.1, -0.05) is 23.8 Å². The molecule has 0 aromatic carbocycles. The standard InChI is InChI=1S/C15H26N2/c1-13-4-2-5-15(10-13)12-17-9-7-14-6-3-8-16-11-14/h2,4-5,14-17H,3,6-12H2,1H3. The molecule has 0 saturated carbocycles. The van der Waals surface area contributed by atoms with Crippen molar-refractivity contribution < 1.29 is 0 Å². The van der Waals surface area contributed by atoms with Crippen molar-refractivity contribution in [3.63, 3.8) is 0 Å². The fraction of sp³-hybridized carbons (Fsp3) is 0.733. The Morgan fingerprint density at radius 3 is 3.18 bits per heavy atom. The Bertz CT molecular complexity index is 275. The third kappa shape index (κ3) is 4.64. The average molecular weight is 234 g/mol. The van der Waals surface area contributed by atoms with E-state index in [0.717, 1.165) is 12.5 Å². The molecule has 1 saturated heterocycles. The van der Waals surface area contributed by atoms with E-state index in [0.29, 0.717) is 5.92 Å². The van der Waals surface area contributed by atoms with Gasteiger partial charge in [0.2, 0.25) is 0 Å². The van der Waals surface area contributed by atoms with Crippen LogP contribution in [0.15, 0.2) is 23.8 Å². The molecule has 2 heteroatoms. The summed E-state index contributed by atoms with van der Waals surface area (Å²) >= 11 is 0. The molecule has 0 amide bonds. The first-order valence-electron chi connectivity index (χ1n) is 7.10. The van der Waals surface area contributed by atoms with Gasteiger partial charge >= 0.3 is 0 Å². The SMILES string of the molecule is CC1=CC=CC(CNCCC2CCCNC2)C1. The zero-order chi connectivity index (χ0) is 11.9. The summed E-state index contributed by atoms with van der Waals surface area (Å²) in [7, 11) is 0. The maximum atomic E-state index is 3.62. The molecule has 0 bridgehead atoms. The predicted molar refractivity (Wildman–Crippen MR) is 74.1 cm³/mol. The monoisotopic (exact) mass is 234 g/mol. The molecule has 1 heterocycles.